The maximum Gasteiger partial charge on any atom is 0.573 e. The van der Waals surface area contributed by atoms with Gasteiger partial charge in [0.25, 0.3) is 0 Å². The van der Waals surface area contributed by atoms with Crippen LogP contribution in [-0.2, 0) is 6.54 Å². The number of ether oxygens (including phenoxy) is 1. The van der Waals surface area contributed by atoms with Crippen LogP contribution < -0.4 is 4.74 Å². The quantitative estimate of drug-likeness (QED) is 0.807. The van der Waals surface area contributed by atoms with Gasteiger partial charge in [-0.2, -0.15) is 5.10 Å². The summed E-state index contributed by atoms with van der Waals surface area (Å²) >= 11 is 0. The van der Waals surface area contributed by atoms with Gasteiger partial charge in [-0.05, 0) is 24.1 Å². The molecule has 0 saturated heterocycles. The molecule has 120 valence electrons. The molecule has 2 rings (SSSR count). The fraction of sp³-hybridized carbons (Fsp3) is 0.400. The Hall–Kier alpha value is -2.18. The highest BCUT2D eigenvalue weighted by atomic mass is 19.4. The number of phenols is 1. The van der Waals surface area contributed by atoms with Gasteiger partial charge in [0.2, 0.25) is 0 Å². The second kappa shape index (κ2) is 6.72. The van der Waals surface area contributed by atoms with E-state index in [0.717, 1.165) is 37.4 Å². The number of phenolic OH excluding ortho intramolecular Hbond substituents is 1. The highest BCUT2D eigenvalue weighted by molar-refractivity contribution is 5.65. The maximum absolute atomic E-state index is 12.1. The number of halogens is 3. The molecule has 0 radical (unpaired) electrons. The van der Waals surface area contributed by atoms with E-state index < -0.39 is 17.9 Å². The summed E-state index contributed by atoms with van der Waals surface area (Å²) in [6, 6.07) is 3.77. The van der Waals surface area contributed by atoms with Gasteiger partial charge < -0.3 is 9.84 Å². The van der Waals surface area contributed by atoms with Crippen molar-refractivity contribution in [3.05, 3.63) is 30.6 Å². The van der Waals surface area contributed by atoms with Crippen LogP contribution in [0.5, 0.6) is 11.5 Å². The van der Waals surface area contributed by atoms with Crippen molar-refractivity contribution in [3.8, 4) is 22.6 Å². The van der Waals surface area contributed by atoms with Crippen LogP contribution in [0.25, 0.3) is 11.1 Å². The fourth-order valence-electron chi connectivity index (χ4n) is 2.07. The normalized spacial score (nSPS) is 11.6. The third kappa shape index (κ3) is 4.41. The van der Waals surface area contributed by atoms with Crippen LogP contribution >= 0.6 is 0 Å². The van der Waals surface area contributed by atoms with Crippen LogP contribution in [0.15, 0.2) is 30.6 Å². The Morgan fingerprint density at radius 2 is 2.00 bits per heavy atom. The molecule has 0 saturated carbocycles. The summed E-state index contributed by atoms with van der Waals surface area (Å²) in [6.45, 7) is 2.90. The van der Waals surface area contributed by atoms with Gasteiger partial charge in [0.1, 0.15) is 0 Å². The minimum atomic E-state index is -4.83. The second-order valence-corrected chi connectivity index (χ2v) is 4.93. The lowest BCUT2D eigenvalue weighted by Gasteiger charge is -2.10. The summed E-state index contributed by atoms with van der Waals surface area (Å²) in [7, 11) is 0. The molecule has 0 aliphatic carbocycles. The van der Waals surface area contributed by atoms with Gasteiger partial charge in [-0.15, -0.1) is 13.2 Å². The first-order chi connectivity index (χ1) is 10.4. The zero-order chi connectivity index (χ0) is 16.2. The molecular weight excluding hydrogens is 297 g/mol. The topological polar surface area (TPSA) is 47.3 Å². The number of hydrogen-bond donors (Lipinski definition) is 1. The van der Waals surface area contributed by atoms with Crippen LogP contribution in [0, 0.1) is 0 Å². The van der Waals surface area contributed by atoms with E-state index in [1.165, 1.54) is 12.1 Å². The lowest BCUT2D eigenvalue weighted by molar-refractivity contribution is -0.275. The van der Waals surface area contributed by atoms with E-state index in [2.05, 4.69) is 16.8 Å². The molecule has 2 aromatic rings. The first-order valence-electron chi connectivity index (χ1n) is 7.00. The average molecular weight is 314 g/mol. The van der Waals surface area contributed by atoms with Gasteiger partial charge >= 0.3 is 6.36 Å². The van der Waals surface area contributed by atoms with Gasteiger partial charge in [0.05, 0.1) is 6.20 Å². The van der Waals surface area contributed by atoms with Crippen LogP contribution in [0.3, 0.4) is 0 Å². The highest BCUT2D eigenvalue weighted by Crippen LogP contribution is 2.34. The van der Waals surface area contributed by atoms with Crippen LogP contribution in [0.4, 0.5) is 13.2 Å². The standard InChI is InChI=1S/C15H17F3N2O2/c1-2-3-4-7-20-10-12(9-19-20)11-5-6-14(13(21)8-11)22-15(16,17)18/h5-6,8-10,21H,2-4,7H2,1H3. The third-order valence-corrected chi connectivity index (χ3v) is 3.14. The number of unbranched alkanes of at least 4 members (excludes halogenated alkanes) is 2. The summed E-state index contributed by atoms with van der Waals surface area (Å²) in [4.78, 5) is 0. The van der Waals surface area contributed by atoms with E-state index in [0.29, 0.717) is 5.56 Å². The SMILES string of the molecule is CCCCCn1cc(-c2ccc(OC(F)(F)F)c(O)c2)cn1. The van der Waals surface area contributed by atoms with Crippen molar-refractivity contribution in [2.75, 3.05) is 0 Å². The molecule has 1 heterocycles. The predicted molar refractivity (Wildman–Crippen MR) is 75.5 cm³/mol. The largest absolute Gasteiger partial charge is 0.573 e. The Morgan fingerprint density at radius 3 is 2.64 bits per heavy atom. The zero-order valence-corrected chi connectivity index (χ0v) is 12.1. The number of hydrogen-bond acceptors (Lipinski definition) is 3. The third-order valence-electron chi connectivity index (χ3n) is 3.14. The molecule has 22 heavy (non-hydrogen) atoms. The molecule has 0 amide bonds. The van der Waals surface area contributed by atoms with E-state index >= 15 is 0 Å². The first-order valence-corrected chi connectivity index (χ1v) is 7.00. The Balaban J connectivity index is 2.11. The molecule has 1 aromatic carbocycles. The Kier molecular flexibility index (Phi) is 4.95. The van der Waals surface area contributed by atoms with Crippen molar-refractivity contribution < 1.29 is 23.0 Å². The molecule has 0 aliphatic heterocycles. The summed E-state index contributed by atoms with van der Waals surface area (Å²) < 4.78 is 42.0. The molecular formula is C15H17F3N2O2. The number of benzene rings is 1. The molecule has 0 atom stereocenters. The molecule has 7 heteroatoms. The molecule has 0 spiro atoms. The van der Waals surface area contributed by atoms with Crippen molar-refractivity contribution >= 4 is 0 Å². The minimum Gasteiger partial charge on any atom is -0.504 e. The Labute approximate surface area is 126 Å². The van der Waals surface area contributed by atoms with Gasteiger partial charge in [0, 0.05) is 18.3 Å². The van der Waals surface area contributed by atoms with E-state index in [9.17, 15) is 18.3 Å². The number of nitrogens with zero attached hydrogens (tertiary/aromatic N) is 2. The second-order valence-electron chi connectivity index (χ2n) is 4.93. The lowest BCUT2D eigenvalue weighted by Crippen LogP contribution is -2.17. The number of aryl methyl sites for hydroxylation is 1. The monoisotopic (exact) mass is 314 g/mol. The first kappa shape index (κ1) is 16.2. The van der Waals surface area contributed by atoms with E-state index in [4.69, 9.17) is 0 Å². The fourth-order valence-corrected chi connectivity index (χ4v) is 2.07. The molecule has 4 nitrogen and oxygen atoms in total. The molecule has 0 fully saturated rings. The van der Waals surface area contributed by atoms with Gasteiger partial charge in [-0.25, -0.2) is 0 Å². The van der Waals surface area contributed by atoms with E-state index in [1.807, 2.05) is 0 Å². The van der Waals surface area contributed by atoms with E-state index in [1.54, 1.807) is 17.1 Å². The smallest absolute Gasteiger partial charge is 0.504 e. The Bertz CT molecular complexity index is 623. The summed E-state index contributed by atoms with van der Waals surface area (Å²) in [6.07, 6.45) is 1.83. The van der Waals surface area contributed by atoms with Crippen molar-refractivity contribution in [1.82, 2.24) is 9.78 Å². The maximum atomic E-state index is 12.1. The van der Waals surface area contributed by atoms with Crippen LogP contribution in [0.1, 0.15) is 26.2 Å². The Morgan fingerprint density at radius 1 is 1.23 bits per heavy atom. The number of aromatic hydroxyl groups is 1. The van der Waals surface area contributed by atoms with Gasteiger partial charge in [-0.3, -0.25) is 4.68 Å². The van der Waals surface area contributed by atoms with Crippen molar-refractivity contribution in [2.45, 2.75) is 39.1 Å². The number of rotatable bonds is 6. The summed E-state index contributed by atoms with van der Waals surface area (Å²) in [5.74, 6) is -1.18. The van der Waals surface area contributed by atoms with Crippen molar-refractivity contribution in [3.63, 3.8) is 0 Å². The average Bonchev–Trinajstić information content (AvgIpc) is 2.89. The molecule has 1 N–H and O–H groups in total. The lowest BCUT2D eigenvalue weighted by atomic mass is 10.1. The molecule has 0 unspecified atom stereocenters. The minimum absolute atomic E-state index is 0.562. The van der Waals surface area contributed by atoms with E-state index in [-0.39, 0.29) is 0 Å². The van der Waals surface area contributed by atoms with Crippen molar-refractivity contribution in [1.29, 1.82) is 0 Å². The van der Waals surface area contributed by atoms with Crippen LogP contribution in [0.2, 0.25) is 0 Å². The number of alkyl halides is 3. The number of aromatic nitrogens is 2. The predicted octanol–water partition coefficient (Wildman–Crippen LogP) is 4.34. The van der Waals surface area contributed by atoms with Crippen molar-refractivity contribution in [2.24, 2.45) is 0 Å². The van der Waals surface area contributed by atoms with Gasteiger partial charge in [-0.1, -0.05) is 25.8 Å². The highest BCUT2D eigenvalue weighted by Gasteiger charge is 2.32. The molecule has 1 aromatic heterocycles. The van der Waals surface area contributed by atoms with Crippen LogP contribution in [-0.4, -0.2) is 21.2 Å². The zero-order valence-electron chi connectivity index (χ0n) is 12.1. The summed E-state index contributed by atoms with van der Waals surface area (Å²) in [5.41, 5.74) is 1.30. The van der Waals surface area contributed by atoms with Gasteiger partial charge in [0.15, 0.2) is 11.5 Å². The molecule has 0 aliphatic rings. The summed E-state index contributed by atoms with van der Waals surface area (Å²) in [5, 5.41) is 13.8. The molecule has 0 bridgehead atoms.